The standard InChI is InChI=1S/C24H17NO4/c1-16-7-11-18(12-8-16)22-25-21(24(27)29-22)15-17-9-13-20(14-10-17)28-23(26)19-5-3-2-4-6-19/h2-15H,1H3. The monoisotopic (exact) mass is 383 g/mol. The van der Waals surface area contributed by atoms with E-state index in [0.717, 1.165) is 16.7 Å². The summed E-state index contributed by atoms with van der Waals surface area (Å²) in [5, 5.41) is 0. The number of aryl methyl sites for hydroxylation is 1. The van der Waals surface area contributed by atoms with E-state index in [0.29, 0.717) is 11.3 Å². The third-order valence-electron chi connectivity index (χ3n) is 4.32. The van der Waals surface area contributed by atoms with Crippen LogP contribution in [0.1, 0.15) is 27.0 Å². The Labute approximate surface area is 167 Å². The average molecular weight is 383 g/mol. The van der Waals surface area contributed by atoms with Crippen molar-refractivity contribution in [2.45, 2.75) is 6.92 Å². The lowest BCUT2D eigenvalue weighted by Gasteiger charge is -2.04. The van der Waals surface area contributed by atoms with Gasteiger partial charge in [0.1, 0.15) is 5.75 Å². The van der Waals surface area contributed by atoms with Crippen molar-refractivity contribution < 1.29 is 19.1 Å². The number of nitrogens with zero attached hydrogens (tertiary/aromatic N) is 1. The number of hydrogen-bond acceptors (Lipinski definition) is 5. The van der Waals surface area contributed by atoms with E-state index in [1.165, 1.54) is 0 Å². The number of cyclic esters (lactones) is 1. The summed E-state index contributed by atoms with van der Waals surface area (Å²) in [4.78, 5) is 28.5. The molecule has 0 saturated carbocycles. The Hall–Kier alpha value is -3.99. The molecule has 0 bridgehead atoms. The summed E-state index contributed by atoms with van der Waals surface area (Å²) in [6.45, 7) is 1.98. The number of hydrogen-bond donors (Lipinski definition) is 0. The van der Waals surface area contributed by atoms with Crippen LogP contribution in [0.25, 0.3) is 6.08 Å². The van der Waals surface area contributed by atoms with Crippen LogP contribution in [0.4, 0.5) is 0 Å². The third-order valence-corrected chi connectivity index (χ3v) is 4.32. The van der Waals surface area contributed by atoms with Crippen LogP contribution in [0.5, 0.6) is 5.75 Å². The predicted molar refractivity (Wildman–Crippen MR) is 110 cm³/mol. The Morgan fingerprint density at radius 2 is 1.62 bits per heavy atom. The minimum atomic E-state index is -0.500. The summed E-state index contributed by atoms with van der Waals surface area (Å²) >= 11 is 0. The van der Waals surface area contributed by atoms with Crippen LogP contribution >= 0.6 is 0 Å². The maximum absolute atomic E-state index is 12.1. The Bertz CT molecular complexity index is 1110. The number of esters is 2. The molecule has 0 N–H and O–H groups in total. The van der Waals surface area contributed by atoms with Gasteiger partial charge in [-0.25, -0.2) is 14.6 Å². The maximum atomic E-state index is 12.1. The summed E-state index contributed by atoms with van der Waals surface area (Å²) in [5.41, 5.74) is 3.29. The SMILES string of the molecule is Cc1ccc(C2=NC(=Cc3ccc(OC(=O)c4ccccc4)cc3)C(=O)O2)cc1. The van der Waals surface area contributed by atoms with Crippen molar-refractivity contribution in [3.63, 3.8) is 0 Å². The molecule has 1 aliphatic rings. The van der Waals surface area contributed by atoms with Crippen molar-refractivity contribution in [3.8, 4) is 5.75 Å². The van der Waals surface area contributed by atoms with Crippen molar-refractivity contribution >= 4 is 23.9 Å². The van der Waals surface area contributed by atoms with E-state index in [2.05, 4.69) is 4.99 Å². The number of carbonyl (C=O) groups excluding carboxylic acids is 2. The van der Waals surface area contributed by atoms with Crippen LogP contribution < -0.4 is 4.74 Å². The van der Waals surface area contributed by atoms with E-state index in [1.807, 2.05) is 37.3 Å². The molecule has 0 fully saturated rings. The van der Waals surface area contributed by atoms with E-state index >= 15 is 0 Å². The minimum Gasteiger partial charge on any atom is -0.423 e. The van der Waals surface area contributed by atoms with Gasteiger partial charge in [0, 0.05) is 5.56 Å². The first-order chi connectivity index (χ1) is 14.1. The first kappa shape index (κ1) is 18.4. The molecule has 5 heteroatoms. The van der Waals surface area contributed by atoms with Gasteiger partial charge in [-0.2, -0.15) is 0 Å². The van der Waals surface area contributed by atoms with E-state index in [-0.39, 0.29) is 11.6 Å². The van der Waals surface area contributed by atoms with Crippen LogP contribution in [0, 0.1) is 6.92 Å². The molecule has 0 radical (unpaired) electrons. The van der Waals surface area contributed by atoms with Gasteiger partial charge < -0.3 is 9.47 Å². The molecule has 1 heterocycles. The highest BCUT2D eigenvalue weighted by Crippen LogP contribution is 2.21. The molecule has 1 aliphatic heterocycles. The van der Waals surface area contributed by atoms with E-state index in [1.54, 1.807) is 54.6 Å². The quantitative estimate of drug-likeness (QED) is 0.376. The average Bonchev–Trinajstić information content (AvgIpc) is 3.11. The van der Waals surface area contributed by atoms with E-state index in [4.69, 9.17) is 9.47 Å². The van der Waals surface area contributed by atoms with Gasteiger partial charge in [0.05, 0.1) is 5.56 Å². The lowest BCUT2D eigenvalue weighted by atomic mass is 10.1. The van der Waals surface area contributed by atoms with Crippen LogP contribution in [0.2, 0.25) is 0 Å². The second-order valence-corrected chi connectivity index (χ2v) is 6.53. The largest absolute Gasteiger partial charge is 0.423 e. The first-order valence-corrected chi connectivity index (χ1v) is 9.05. The van der Waals surface area contributed by atoms with Gasteiger partial charge in [-0.1, -0.05) is 48.0 Å². The first-order valence-electron chi connectivity index (χ1n) is 9.05. The summed E-state index contributed by atoms with van der Waals surface area (Å²) < 4.78 is 10.6. The van der Waals surface area contributed by atoms with Gasteiger partial charge in [-0.15, -0.1) is 0 Å². The van der Waals surface area contributed by atoms with E-state index < -0.39 is 11.9 Å². The summed E-state index contributed by atoms with van der Waals surface area (Å²) in [7, 11) is 0. The Balaban J connectivity index is 1.49. The number of carbonyl (C=O) groups is 2. The fraction of sp³-hybridized carbons (Fsp3) is 0.0417. The zero-order chi connectivity index (χ0) is 20.2. The van der Waals surface area contributed by atoms with Crippen LogP contribution in [-0.4, -0.2) is 17.8 Å². The number of rotatable bonds is 4. The lowest BCUT2D eigenvalue weighted by molar-refractivity contribution is -0.129. The van der Waals surface area contributed by atoms with Crippen molar-refractivity contribution in [2.24, 2.45) is 4.99 Å². The van der Waals surface area contributed by atoms with Gasteiger partial charge in [0.15, 0.2) is 5.70 Å². The molecule has 0 atom stereocenters. The molecule has 29 heavy (non-hydrogen) atoms. The minimum absolute atomic E-state index is 0.217. The number of aliphatic imine (C=N–C) groups is 1. The molecule has 0 aromatic heterocycles. The van der Waals surface area contributed by atoms with Gasteiger partial charge in [0.2, 0.25) is 5.90 Å². The van der Waals surface area contributed by atoms with Crippen molar-refractivity contribution in [2.75, 3.05) is 0 Å². The predicted octanol–water partition coefficient (Wildman–Crippen LogP) is 4.56. The molecular weight excluding hydrogens is 366 g/mol. The van der Waals surface area contributed by atoms with Crippen LogP contribution in [-0.2, 0) is 9.53 Å². The molecule has 0 unspecified atom stereocenters. The molecule has 0 saturated heterocycles. The van der Waals surface area contributed by atoms with Crippen LogP contribution in [0.15, 0.2) is 89.6 Å². The second-order valence-electron chi connectivity index (χ2n) is 6.53. The molecule has 142 valence electrons. The molecule has 0 aliphatic carbocycles. The highest BCUT2D eigenvalue weighted by Gasteiger charge is 2.24. The Kier molecular flexibility index (Phi) is 5.03. The summed E-state index contributed by atoms with van der Waals surface area (Å²) in [5.74, 6) is -0.225. The van der Waals surface area contributed by atoms with Crippen molar-refractivity contribution in [1.29, 1.82) is 0 Å². The molecule has 0 spiro atoms. The molecule has 4 rings (SSSR count). The zero-order valence-corrected chi connectivity index (χ0v) is 15.7. The summed E-state index contributed by atoms with van der Waals surface area (Å²) in [6, 6.07) is 23.2. The lowest BCUT2D eigenvalue weighted by Crippen LogP contribution is -2.07. The molecular formula is C24H17NO4. The summed E-state index contributed by atoms with van der Waals surface area (Å²) in [6.07, 6.45) is 1.63. The molecule has 3 aromatic carbocycles. The number of benzene rings is 3. The zero-order valence-electron chi connectivity index (χ0n) is 15.7. The highest BCUT2D eigenvalue weighted by molar-refractivity contribution is 6.12. The van der Waals surface area contributed by atoms with Gasteiger partial charge >= 0.3 is 11.9 Å². The third kappa shape index (κ3) is 4.30. The molecule has 3 aromatic rings. The maximum Gasteiger partial charge on any atom is 0.363 e. The fourth-order valence-corrected chi connectivity index (χ4v) is 2.76. The molecule has 5 nitrogen and oxygen atoms in total. The van der Waals surface area contributed by atoms with Crippen molar-refractivity contribution in [3.05, 3.63) is 107 Å². The topological polar surface area (TPSA) is 65.0 Å². The van der Waals surface area contributed by atoms with Crippen LogP contribution in [0.3, 0.4) is 0 Å². The second kappa shape index (κ2) is 7.94. The smallest absolute Gasteiger partial charge is 0.363 e. The normalized spacial score (nSPS) is 14.4. The fourth-order valence-electron chi connectivity index (χ4n) is 2.76. The highest BCUT2D eigenvalue weighted by atomic mass is 16.6. The van der Waals surface area contributed by atoms with Gasteiger partial charge in [-0.3, -0.25) is 0 Å². The van der Waals surface area contributed by atoms with Crippen molar-refractivity contribution in [1.82, 2.24) is 0 Å². The van der Waals surface area contributed by atoms with E-state index in [9.17, 15) is 9.59 Å². The van der Waals surface area contributed by atoms with Gasteiger partial charge in [-0.05, 0) is 55.0 Å². The molecule has 0 amide bonds. The Morgan fingerprint density at radius 3 is 2.31 bits per heavy atom. The number of ether oxygens (including phenoxy) is 2. The Morgan fingerprint density at radius 1 is 0.931 bits per heavy atom. The van der Waals surface area contributed by atoms with Gasteiger partial charge in [0.25, 0.3) is 0 Å².